The number of aryl methyl sites for hydroxylation is 1. The maximum absolute atomic E-state index is 9.43. The molecule has 2 aromatic carbocycles. The Balaban J connectivity index is 2.19. The Bertz CT molecular complexity index is 736. The third-order valence-corrected chi connectivity index (χ3v) is 4.09. The fraction of sp³-hybridized carbons (Fsp3) is 0.0714. The fourth-order valence-electron chi connectivity index (χ4n) is 1.90. The summed E-state index contributed by atoms with van der Waals surface area (Å²) in [4.78, 5) is 4.59. The fourth-order valence-corrected chi connectivity index (χ4v) is 3.11. The van der Waals surface area contributed by atoms with Crippen molar-refractivity contribution in [3.05, 3.63) is 47.0 Å². The molecule has 1 heterocycles. The molecule has 0 bridgehead atoms. The topological polar surface area (TPSA) is 33.1 Å². The van der Waals surface area contributed by atoms with E-state index in [9.17, 15) is 5.11 Å². The van der Waals surface area contributed by atoms with Crippen LogP contribution in [0.1, 0.15) is 5.56 Å². The van der Waals surface area contributed by atoms with E-state index >= 15 is 0 Å². The van der Waals surface area contributed by atoms with Gasteiger partial charge in [0.05, 0.1) is 10.2 Å². The summed E-state index contributed by atoms with van der Waals surface area (Å²) in [5, 5.41) is 11.1. The second kappa shape index (κ2) is 4.26. The average Bonchev–Trinajstić information content (AvgIpc) is 2.71. The summed E-state index contributed by atoms with van der Waals surface area (Å²) in [6, 6.07) is 11.0. The molecule has 3 aromatic rings. The van der Waals surface area contributed by atoms with E-state index in [0.29, 0.717) is 5.02 Å². The smallest absolute Gasteiger partial charge is 0.124 e. The number of nitrogens with zero attached hydrogens (tertiary/aromatic N) is 1. The zero-order valence-electron chi connectivity index (χ0n) is 9.64. The van der Waals surface area contributed by atoms with Crippen molar-refractivity contribution in [1.82, 2.24) is 4.98 Å². The molecule has 0 aliphatic rings. The van der Waals surface area contributed by atoms with Crippen molar-refractivity contribution >= 4 is 33.2 Å². The van der Waals surface area contributed by atoms with Crippen LogP contribution in [0, 0.1) is 6.92 Å². The van der Waals surface area contributed by atoms with Gasteiger partial charge in [-0.25, -0.2) is 4.98 Å². The van der Waals surface area contributed by atoms with E-state index in [1.165, 1.54) is 0 Å². The monoisotopic (exact) mass is 275 g/mol. The van der Waals surface area contributed by atoms with Crippen molar-refractivity contribution in [3.8, 4) is 16.3 Å². The van der Waals surface area contributed by atoms with Gasteiger partial charge in [0, 0.05) is 10.6 Å². The van der Waals surface area contributed by atoms with E-state index in [4.69, 9.17) is 11.6 Å². The predicted octanol–water partition coefficient (Wildman–Crippen LogP) is 4.63. The standard InChI is InChI=1S/C14H10ClNOS/c1-8-6-10(17)3-4-11(8)14-16-12-7-9(15)2-5-13(12)18-14/h2-7,17H,1H3. The van der Waals surface area contributed by atoms with Gasteiger partial charge in [0.15, 0.2) is 0 Å². The van der Waals surface area contributed by atoms with Crippen LogP contribution in [0.2, 0.25) is 5.02 Å². The van der Waals surface area contributed by atoms with Gasteiger partial charge in [0.1, 0.15) is 10.8 Å². The number of aromatic nitrogens is 1. The summed E-state index contributed by atoms with van der Waals surface area (Å²) in [5.41, 5.74) is 2.97. The third-order valence-electron chi connectivity index (χ3n) is 2.79. The SMILES string of the molecule is Cc1cc(O)ccc1-c1nc2cc(Cl)ccc2s1. The molecule has 4 heteroatoms. The number of phenols is 1. The molecule has 0 aliphatic heterocycles. The second-order valence-corrected chi connectivity index (χ2v) is 5.60. The lowest BCUT2D eigenvalue weighted by Crippen LogP contribution is -1.81. The number of fused-ring (bicyclic) bond motifs is 1. The van der Waals surface area contributed by atoms with E-state index in [0.717, 1.165) is 26.4 Å². The molecule has 90 valence electrons. The van der Waals surface area contributed by atoms with E-state index in [1.54, 1.807) is 23.5 Å². The van der Waals surface area contributed by atoms with Crippen molar-refractivity contribution in [2.45, 2.75) is 6.92 Å². The molecule has 0 saturated heterocycles. The van der Waals surface area contributed by atoms with Gasteiger partial charge in [-0.05, 0) is 48.9 Å². The molecule has 0 aliphatic carbocycles. The summed E-state index contributed by atoms with van der Waals surface area (Å²) >= 11 is 7.59. The Morgan fingerprint density at radius 3 is 2.78 bits per heavy atom. The van der Waals surface area contributed by atoms with E-state index < -0.39 is 0 Å². The van der Waals surface area contributed by atoms with Gasteiger partial charge in [-0.3, -0.25) is 0 Å². The average molecular weight is 276 g/mol. The number of benzene rings is 2. The Hall–Kier alpha value is -1.58. The minimum atomic E-state index is 0.278. The molecule has 0 radical (unpaired) electrons. The van der Waals surface area contributed by atoms with Crippen molar-refractivity contribution < 1.29 is 5.11 Å². The Kier molecular flexibility index (Phi) is 2.73. The minimum absolute atomic E-state index is 0.278. The lowest BCUT2D eigenvalue weighted by molar-refractivity contribution is 0.475. The summed E-state index contributed by atoms with van der Waals surface area (Å²) in [7, 11) is 0. The van der Waals surface area contributed by atoms with Crippen LogP contribution in [0.15, 0.2) is 36.4 Å². The highest BCUT2D eigenvalue weighted by atomic mass is 35.5. The van der Waals surface area contributed by atoms with Crippen LogP contribution in [0.4, 0.5) is 0 Å². The number of phenolic OH excluding ortho intramolecular Hbond substituents is 1. The third kappa shape index (κ3) is 1.96. The van der Waals surface area contributed by atoms with Crippen LogP contribution >= 0.6 is 22.9 Å². The first-order chi connectivity index (χ1) is 8.63. The summed E-state index contributed by atoms with van der Waals surface area (Å²) in [6.45, 7) is 1.97. The van der Waals surface area contributed by atoms with Crippen LogP contribution in [0.5, 0.6) is 5.75 Å². The van der Waals surface area contributed by atoms with Crippen molar-refractivity contribution in [1.29, 1.82) is 0 Å². The van der Waals surface area contributed by atoms with Crippen LogP contribution < -0.4 is 0 Å². The molecule has 1 N–H and O–H groups in total. The van der Waals surface area contributed by atoms with Gasteiger partial charge in [0.2, 0.25) is 0 Å². The van der Waals surface area contributed by atoms with Crippen LogP contribution in [-0.4, -0.2) is 10.1 Å². The predicted molar refractivity (Wildman–Crippen MR) is 76.5 cm³/mol. The molecule has 0 saturated carbocycles. The summed E-state index contributed by atoms with van der Waals surface area (Å²) in [5.74, 6) is 0.278. The highest BCUT2D eigenvalue weighted by Gasteiger charge is 2.09. The van der Waals surface area contributed by atoms with Crippen LogP contribution in [0.3, 0.4) is 0 Å². The molecular weight excluding hydrogens is 266 g/mol. The van der Waals surface area contributed by atoms with Gasteiger partial charge < -0.3 is 5.11 Å². The minimum Gasteiger partial charge on any atom is -0.508 e. The number of halogens is 1. The number of aromatic hydroxyl groups is 1. The number of hydrogen-bond acceptors (Lipinski definition) is 3. The molecule has 1 aromatic heterocycles. The van der Waals surface area contributed by atoms with E-state index in [-0.39, 0.29) is 5.75 Å². The summed E-state index contributed by atoms with van der Waals surface area (Å²) < 4.78 is 1.11. The molecular formula is C14H10ClNOS. The quantitative estimate of drug-likeness (QED) is 0.702. The van der Waals surface area contributed by atoms with Gasteiger partial charge >= 0.3 is 0 Å². The van der Waals surface area contributed by atoms with Gasteiger partial charge in [-0.15, -0.1) is 11.3 Å². The lowest BCUT2D eigenvalue weighted by atomic mass is 10.1. The number of thiazole rings is 1. The van der Waals surface area contributed by atoms with Crippen LogP contribution in [-0.2, 0) is 0 Å². The van der Waals surface area contributed by atoms with Gasteiger partial charge in [0.25, 0.3) is 0 Å². The van der Waals surface area contributed by atoms with Gasteiger partial charge in [-0.1, -0.05) is 11.6 Å². The number of hydrogen-bond donors (Lipinski definition) is 1. The molecule has 3 rings (SSSR count). The Morgan fingerprint density at radius 1 is 1.17 bits per heavy atom. The van der Waals surface area contributed by atoms with Crippen molar-refractivity contribution in [2.75, 3.05) is 0 Å². The van der Waals surface area contributed by atoms with Crippen LogP contribution in [0.25, 0.3) is 20.8 Å². The maximum Gasteiger partial charge on any atom is 0.124 e. The summed E-state index contributed by atoms with van der Waals surface area (Å²) in [6.07, 6.45) is 0. The maximum atomic E-state index is 9.43. The van der Waals surface area contributed by atoms with Crippen molar-refractivity contribution in [3.63, 3.8) is 0 Å². The highest BCUT2D eigenvalue weighted by Crippen LogP contribution is 2.34. The molecule has 0 atom stereocenters. The molecule has 18 heavy (non-hydrogen) atoms. The molecule has 0 amide bonds. The Morgan fingerprint density at radius 2 is 2.00 bits per heavy atom. The zero-order valence-corrected chi connectivity index (χ0v) is 11.2. The van der Waals surface area contributed by atoms with Gasteiger partial charge in [-0.2, -0.15) is 0 Å². The zero-order chi connectivity index (χ0) is 12.7. The molecule has 0 spiro atoms. The van der Waals surface area contributed by atoms with Crippen molar-refractivity contribution in [2.24, 2.45) is 0 Å². The normalized spacial score (nSPS) is 11.0. The highest BCUT2D eigenvalue weighted by molar-refractivity contribution is 7.21. The first-order valence-electron chi connectivity index (χ1n) is 5.49. The first-order valence-corrected chi connectivity index (χ1v) is 6.69. The molecule has 0 fully saturated rings. The number of rotatable bonds is 1. The lowest BCUT2D eigenvalue weighted by Gasteiger charge is -2.01. The van der Waals surface area contributed by atoms with E-state index in [2.05, 4.69) is 4.98 Å². The largest absolute Gasteiger partial charge is 0.508 e. The second-order valence-electron chi connectivity index (χ2n) is 4.13. The molecule has 0 unspecified atom stereocenters. The van der Waals surface area contributed by atoms with E-state index in [1.807, 2.05) is 31.2 Å². The molecule has 2 nitrogen and oxygen atoms in total. The first kappa shape index (κ1) is 11.5. The Labute approximate surface area is 113 Å².